The van der Waals surface area contributed by atoms with E-state index in [2.05, 4.69) is 78.1 Å². The van der Waals surface area contributed by atoms with Crippen LogP contribution in [-0.4, -0.2) is 4.98 Å². The van der Waals surface area contributed by atoms with Crippen LogP contribution >= 0.6 is 15.9 Å². The van der Waals surface area contributed by atoms with Crippen LogP contribution in [0.1, 0.15) is 26.5 Å². The van der Waals surface area contributed by atoms with E-state index in [1.807, 2.05) is 6.20 Å². The summed E-state index contributed by atoms with van der Waals surface area (Å²) in [5, 5.41) is 0. The van der Waals surface area contributed by atoms with Gasteiger partial charge in [0.25, 0.3) is 0 Å². The van der Waals surface area contributed by atoms with Crippen molar-refractivity contribution in [3.05, 3.63) is 52.8 Å². The van der Waals surface area contributed by atoms with E-state index in [0.29, 0.717) is 0 Å². The quantitative estimate of drug-likeness (QED) is 0.734. The summed E-state index contributed by atoms with van der Waals surface area (Å²) < 4.78 is 1.10. The largest absolute Gasteiger partial charge is 0.261 e. The second-order valence-corrected chi connectivity index (χ2v) is 6.10. The predicted molar refractivity (Wildman–Crippen MR) is 76.1 cm³/mol. The van der Waals surface area contributed by atoms with Crippen LogP contribution in [0.4, 0.5) is 0 Å². The zero-order valence-electron chi connectivity index (χ0n) is 10.4. The highest BCUT2D eigenvalue weighted by Gasteiger charge is 2.15. The SMILES string of the molecule is CC(C)(C)c1cc(-c2ccc(Br)cc2)ccn1. The van der Waals surface area contributed by atoms with Gasteiger partial charge >= 0.3 is 0 Å². The average molecular weight is 290 g/mol. The number of benzene rings is 1. The van der Waals surface area contributed by atoms with Gasteiger partial charge in [0, 0.05) is 21.8 Å². The van der Waals surface area contributed by atoms with Crippen molar-refractivity contribution in [2.75, 3.05) is 0 Å². The van der Waals surface area contributed by atoms with Crippen molar-refractivity contribution in [2.45, 2.75) is 26.2 Å². The zero-order valence-corrected chi connectivity index (χ0v) is 12.0. The third-order valence-corrected chi connectivity index (χ3v) is 3.23. The van der Waals surface area contributed by atoms with Crippen LogP contribution in [0.2, 0.25) is 0 Å². The Bertz CT molecular complexity index is 509. The third-order valence-electron chi connectivity index (χ3n) is 2.71. The van der Waals surface area contributed by atoms with E-state index < -0.39 is 0 Å². The van der Waals surface area contributed by atoms with E-state index in [1.165, 1.54) is 11.1 Å². The smallest absolute Gasteiger partial charge is 0.0463 e. The van der Waals surface area contributed by atoms with Crippen LogP contribution < -0.4 is 0 Å². The van der Waals surface area contributed by atoms with E-state index in [9.17, 15) is 0 Å². The van der Waals surface area contributed by atoms with E-state index >= 15 is 0 Å². The van der Waals surface area contributed by atoms with Gasteiger partial charge < -0.3 is 0 Å². The molecule has 0 fully saturated rings. The summed E-state index contributed by atoms with van der Waals surface area (Å²) >= 11 is 3.45. The maximum absolute atomic E-state index is 4.44. The van der Waals surface area contributed by atoms with Crippen molar-refractivity contribution in [3.63, 3.8) is 0 Å². The Hall–Kier alpha value is -1.15. The molecule has 0 N–H and O–H groups in total. The van der Waals surface area contributed by atoms with E-state index in [1.54, 1.807) is 0 Å². The maximum Gasteiger partial charge on any atom is 0.0463 e. The fourth-order valence-electron chi connectivity index (χ4n) is 1.66. The highest BCUT2D eigenvalue weighted by atomic mass is 79.9. The number of hydrogen-bond donors (Lipinski definition) is 0. The van der Waals surface area contributed by atoms with Crippen LogP contribution in [0.15, 0.2) is 47.1 Å². The van der Waals surface area contributed by atoms with Crippen molar-refractivity contribution in [1.82, 2.24) is 4.98 Å². The molecule has 0 saturated carbocycles. The summed E-state index contributed by atoms with van der Waals surface area (Å²) in [7, 11) is 0. The summed E-state index contributed by atoms with van der Waals surface area (Å²) in [5.74, 6) is 0. The van der Waals surface area contributed by atoms with Crippen molar-refractivity contribution >= 4 is 15.9 Å². The number of hydrogen-bond acceptors (Lipinski definition) is 1. The molecule has 88 valence electrons. The number of rotatable bonds is 1. The monoisotopic (exact) mass is 289 g/mol. The Morgan fingerprint density at radius 2 is 1.59 bits per heavy atom. The summed E-state index contributed by atoms with van der Waals surface area (Å²) in [6, 6.07) is 12.6. The first-order valence-electron chi connectivity index (χ1n) is 5.69. The molecule has 2 rings (SSSR count). The molecule has 0 radical (unpaired) electrons. The van der Waals surface area contributed by atoms with Crippen LogP contribution in [-0.2, 0) is 5.41 Å². The molecule has 1 heterocycles. The number of halogens is 1. The minimum absolute atomic E-state index is 0.0887. The molecule has 0 aliphatic heterocycles. The average Bonchev–Trinajstić information content (AvgIpc) is 2.29. The molecular formula is C15H16BrN. The summed E-state index contributed by atoms with van der Waals surface area (Å²) in [5.41, 5.74) is 3.65. The van der Waals surface area contributed by atoms with Gasteiger partial charge in [-0.2, -0.15) is 0 Å². The lowest BCUT2D eigenvalue weighted by atomic mass is 9.90. The molecule has 2 heteroatoms. The highest BCUT2D eigenvalue weighted by Crippen LogP contribution is 2.26. The van der Waals surface area contributed by atoms with Gasteiger partial charge in [0.1, 0.15) is 0 Å². The van der Waals surface area contributed by atoms with E-state index in [4.69, 9.17) is 0 Å². The van der Waals surface area contributed by atoms with Gasteiger partial charge in [0.05, 0.1) is 0 Å². The molecule has 0 saturated heterocycles. The first kappa shape index (κ1) is 12.3. The Kier molecular flexibility index (Phi) is 3.34. The molecule has 0 spiro atoms. The first-order chi connectivity index (χ1) is 7.97. The van der Waals surface area contributed by atoms with Gasteiger partial charge in [0.2, 0.25) is 0 Å². The number of aromatic nitrogens is 1. The number of nitrogens with zero attached hydrogens (tertiary/aromatic N) is 1. The van der Waals surface area contributed by atoms with Crippen LogP contribution in [0.25, 0.3) is 11.1 Å². The zero-order chi connectivity index (χ0) is 12.5. The number of pyridine rings is 1. The van der Waals surface area contributed by atoms with Crippen molar-refractivity contribution in [2.24, 2.45) is 0 Å². The molecule has 1 nitrogen and oxygen atoms in total. The molecular weight excluding hydrogens is 274 g/mol. The van der Waals surface area contributed by atoms with Gasteiger partial charge in [-0.15, -0.1) is 0 Å². The van der Waals surface area contributed by atoms with Crippen LogP contribution in [0, 0.1) is 0 Å². The van der Waals surface area contributed by atoms with Crippen molar-refractivity contribution < 1.29 is 0 Å². The summed E-state index contributed by atoms with van der Waals surface area (Å²) in [6.45, 7) is 6.54. The lowest BCUT2D eigenvalue weighted by Gasteiger charge is -2.18. The minimum Gasteiger partial charge on any atom is -0.261 e. The molecule has 0 aliphatic carbocycles. The van der Waals surface area contributed by atoms with Gasteiger partial charge in [-0.3, -0.25) is 4.98 Å². The lowest BCUT2D eigenvalue weighted by molar-refractivity contribution is 0.569. The molecule has 1 aromatic carbocycles. The van der Waals surface area contributed by atoms with Crippen LogP contribution in [0.3, 0.4) is 0 Å². The predicted octanol–water partition coefficient (Wildman–Crippen LogP) is 4.81. The van der Waals surface area contributed by atoms with Gasteiger partial charge in [0.15, 0.2) is 0 Å². The maximum atomic E-state index is 4.44. The molecule has 2 aromatic rings. The fraction of sp³-hybridized carbons (Fsp3) is 0.267. The molecule has 0 atom stereocenters. The van der Waals surface area contributed by atoms with E-state index in [-0.39, 0.29) is 5.41 Å². The Labute approximate surface area is 111 Å². The third kappa shape index (κ3) is 2.95. The van der Waals surface area contributed by atoms with Gasteiger partial charge in [-0.05, 0) is 35.4 Å². The summed E-state index contributed by atoms with van der Waals surface area (Å²) in [6.07, 6.45) is 1.89. The fourth-order valence-corrected chi connectivity index (χ4v) is 1.93. The second-order valence-electron chi connectivity index (χ2n) is 5.19. The molecule has 0 aliphatic rings. The van der Waals surface area contributed by atoms with Crippen LogP contribution in [0.5, 0.6) is 0 Å². The Balaban J connectivity index is 2.43. The lowest BCUT2D eigenvalue weighted by Crippen LogP contribution is -2.13. The summed E-state index contributed by atoms with van der Waals surface area (Å²) in [4.78, 5) is 4.44. The molecule has 0 unspecified atom stereocenters. The first-order valence-corrected chi connectivity index (χ1v) is 6.48. The van der Waals surface area contributed by atoms with Gasteiger partial charge in [-0.25, -0.2) is 0 Å². The normalized spacial score (nSPS) is 11.5. The standard InChI is InChI=1S/C15H16BrN/c1-15(2,3)14-10-12(8-9-17-14)11-4-6-13(16)7-5-11/h4-10H,1-3H3. The van der Waals surface area contributed by atoms with E-state index in [0.717, 1.165) is 10.2 Å². The Morgan fingerprint density at radius 1 is 0.941 bits per heavy atom. The topological polar surface area (TPSA) is 12.9 Å². The second kappa shape index (κ2) is 4.61. The molecule has 0 amide bonds. The minimum atomic E-state index is 0.0887. The highest BCUT2D eigenvalue weighted by molar-refractivity contribution is 9.10. The Morgan fingerprint density at radius 3 is 2.18 bits per heavy atom. The molecule has 1 aromatic heterocycles. The molecule has 17 heavy (non-hydrogen) atoms. The van der Waals surface area contributed by atoms with Crippen molar-refractivity contribution in [3.8, 4) is 11.1 Å². The van der Waals surface area contributed by atoms with Crippen molar-refractivity contribution in [1.29, 1.82) is 0 Å². The van der Waals surface area contributed by atoms with Gasteiger partial charge in [-0.1, -0.05) is 48.8 Å². The molecule has 0 bridgehead atoms.